The minimum absolute atomic E-state index is 0.0166. The first kappa shape index (κ1) is 21.6. The molecule has 0 unspecified atom stereocenters. The molecule has 0 aromatic carbocycles. The number of aliphatic carboxylic acids is 1. The van der Waals surface area contributed by atoms with E-state index in [0.29, 0.717) is 0 Å². The van der Waals surface area contributed by atoms with Crippen molar-refractivity contribution < 1.29 is 33.8 Å². The van der Waals surface area contributed by atoms with Crippen molar-refractivity contribution in [1.82, 2.24) is 16.2 Å². The third-order valence-electron chi connectivity index (χ3n) is 2.31. The van der Waals surface area contributed by atoms with Crippen molar-refractivity contribution in [2.24, 2.45) is 0 Å². The van der Waals surface area contributed by atoms with Gasteiger partial charge in [0.05, 0.1) is 26.1 Å². The van der Waals surface area contributed by atoms with Gasteiger partial charge in [0.2, 0.25) is 11.8 Å². The Morgan fingerprint density at radius 1 is 0.917 bits per heavy atom. The summed E-state index contributed by atoms with van der Waals surface area (Å²) in [6.07, 6.45) is -1.06. The molecule has 0 saturated heterocycles. The van der Waals surface area contributed by atoms with Crippen LogP contribution in [0.15, 0.2) is 0 Å². The maximum Gasteiger partial charge on any atom is 0.426 e. The molecule has 0 aromatic rings. The van der Waals surface area contributed by atoms with Crippen molar-refractivity contribution in [1.29, 1.82) is 0 Å². The lowest BCUT2D eigenvalue weighted by Crippen LogP contribution is -2.44. The fraction of sp³-hybridized carbons (Fsp3) is 0.714. The van der Waals surface area contributed by atoms with E-state index in [1.165, 1.54) is 0 Å². The zero-order chi connectivity index (χ0) is 18.6. The van der Waals surface area contributed by atoms with Crippen LogP contribution in [0.2, 0.25) is 0 Å². The van der Waals surface area contributed by atoms with E-state index in [9.17, 15) is 19.2 Å². The van der Waals surface area contributed by atoms with Crippen LogP contribution in [-0.2, 0) is 23.9 Å². The molecule has 0 saturated carbocycles. The first-order valence-electron chi connectivity index (χ1n) is 7.44. The Kier molecular flexibility index (Phi) is 10.1. The molecule has 0 aliphatic rings. The molecule has 0 spiro atoms. The molecule has 0 bridgehead atoms. The van der Waals surface area contributed by atoms with Crippen molar-refractivity contribution in [3.63, 3.8) is 0 Å². The highest BCUT2D eigenvalue weighted by Gasteiger charge is 2.16. The van der Waals surface area contributed by atoms with E-state index in [4.69, 9.17) is 14.6 Å². The number of amides is 3. The number of rotatable bonds is 9. The van der Waals surface area contributed by atoms with Crippen LogP contribution in [0.1, 0.15) is 40.0 Å². The fourth-order valence-electron chi connectivity index (χ4n) is 1.33. The van der Waals surface area contributed by atoms with Gasteiger partial charge in [-0.3, -0.25) is 19.8 Å². The molecule has 24 heavy (non-hydrogen) atoms. The first-order valence-corrected chi connectivity index (χ1v) is 7.44. The van der Waals surface area contributed by atoms with Gasteiger partial charge in [0.15, 0.2) is 0 Å². The van der Waals surface area contributed by atoms with Crippen molar-refractivity contribution in [3.8, 4) is 0 Å². The second kappa shape index (κ2) is 11.2. The molecule has 0 radical (unpaired) electrons. The van der Waals surface area contributed by atoms with Crippen LogP contribution >= 0.6 is 0 Å². The molecule has 138 valence electrons. The monoisotopic (exact) mass is 347 g/mol. The molecule has 0 heterocycles. The van der Waals surface area contributed by atoms with Gasteiger partial charge < -0.3 is 19.9 Å². The van der Waals surface area contributed by atoms with Crippen molar-refractivity contribution in [3.05, 3.63) is 0 Å². The summed E-state index contributed by atoms with van der Waals surface area (Å²) in [5.41, 5.74) is 3.62. The van der Waals surface area contributed by atoms with E-state index in [1.54, 1.807) is 20.8 Å². The molecule has 0 rings (SSSR count). The quantitative estimate of drug-likeness (QED) is 0.338. The van der Waals surface area contributed by atoms with E-state index in [0.717, 1.165) is 0 Å². The number of carbonyl (C=O) groups is 4. The summed E-state index contributed by atoms with van der Waals surface area (Å²) in [7, 11) is 0. The Morgan fingerprint density at radius 3 is 2.17 bits per heavy atom. The van der Waals surface area contributed by atoms with Gasteiger partial charge in [-0.2, -0.15) is 0 Å². The topological polar surface area (TPSA) is 143 Å². The highest BCUT2D eigenvalue weighted by Crippen LogP contribution is 2.05. The van der Waals surface area contributed by atoms with Gasteiger partial charge in [0.25, 0.3) is 0 Å². The van der Waals surface area contributed by atoms with Crippen LogP contribution < -0.4 is 16.2 Å². The normalized spacial score (nSPS) is 10.6. The van der Waals surface area contributed by atoms with Gasteiger partial charge in [-0.25, -0.2) is 10.2 Å². The summed E-state index contributed by atoms with van der Waals surface area (Å²) in [6.45, 7) is 5.60. The Bertz CT molecular complexity index is 446. The zero-order valence-electron chi connectivity index (χ0n) is 14.1. The fourth-order valence-corrected chi connectivity index (χ4v) is 1.33. The number of nitrogens with one attached hydrogen (secondary N) is 3. The lowest BCUT2D eigenvalue weighted by molar-refractivity contribution is -0.138. The maximum absolute atomic E-state index is 11.4. The number of carboxylic acid groups (broad SMARTS) is 1. The van der Waals surface area contributed by atoms with Gasteiger partial charge >= 0.3 is 12.1 Å². The highest BCUT2D eigenvalue weighted by molar-refractivity contribution is 5.80. The smallest absolute Gasteiger partial charge is 0.426 e. The zero-order valence-corrected chi connectivity index (χ0v) is 14.1. The summed E-state index contributed by atoms with van der Waals surface area (Å²) < 4.78 is 10.1. The van der Waals surface area contributed by atoms with E-state index < -0.39 is 23.6 Å². The predicted molar refractivity (Wildman–Crippen MR) is 82.8 cm³/mol. The Morgan fingerprint density at radius 2 is 1.58 bits per heavy atom. The van der Waals surface area contributed by atoms with E-state index >= 15 is 0 Å². The lowest BCUT2D eigenvalue weighted by atomic mass is 10.2. The van der Waals surface area contributed by atoms with Crippen molar-refractivity contribution in [2.45, 2.75) is 45.6 Å². The first-order chi connectivity index (χ1) is 11.1. The molecular formula is C14H25N3O7. The molecule has 4 N–H and O–H groups in total. The third kappa shape index (κ3) is 14.6. The molecule has 10 nitrogen and oxygen atoms in total. The van der Waals surface area contributed by atoms with Crippen LogP contribution in [0.5, 0.6) is 0 Å². The molecule has 10 heteroatoms. The molecule has 0 aromatic heterocycles. The number of carbonyl (C=O) groups excluding carboxylic acids is 3. The van der Waals surface area contributed by atoms with E-state index in [2.05, 4.69) is 16.2 Å². The van der Waals surface area contributed by atoms with Crippen LogP contribution in [0.3, 0.4) is 0 Å². The van der Waals surface area contributed by atoms with E-state index in [1.807, 2.05) is 0 Å². The molecule has 0 fully saturated rings. The van der Waals surface area contributed by atoms with Gasteiger partial charge in [0.1, 0.15) is 5.60 Å². The minimum Gasteiger partial charge on any atom is -0.481 e. The minimum atomic E-state index is -1.03. The van der Waals surface area contributed by atoms with Gasteiger partial charge in [-0.05, 0) is 20.8 Å². The number of hydrogen-bond acceptors (Lipinski definition) is 6. The Balaban J connectivity index is 3.57. The number of hydrazine groups is 1. The second-order valence-electron chi connectivity index (χ2n) is 5.78. The summed E-state index contributed by atoms with van der Waals surface area (Å²) >= 11 is 0. The standard InChI is InChI=1S/C14H25N3O7/c1-14(2,3)24-13(22)17-16-11(19)6-8-23-9-7-15-10(18)4-5-12(20)21/h4-9H2,1-3H3,(H,15,18)(H,16,19)(H,17,22)(H,20,21). The molecule has 3 amide bonds. The van der Waals surface area contributed by atoms with Gasteiger partial charge in [0, 0.05) is 13.0 Å². The average molecular weight is 347 g/mol. The maximum atomic E-state index is 11.4. The summed E-state index contributed by atoms with van der Waals surface area (Å²) in [5, 5.41) is 10.9. The van der Waals surface area contributed by atoms with Crippen LogP contribution in [-0.4, -0.2) is 54.3 Å². The predicted octanol–water partition coefficient (Wildman–Crippen LogP) is -0.0700. The lowest BCUT2D eigenvalue weighted by Gasteiger charge is -2.19. The Labute approximate surface area is 140 Å². The van der Waals surface area contributed by atoms with Crippen LogP contribution in [0.25, 0.3) is 0 Å². The molecule has 0 aliphatic heterocycles. The Hall–Kier alpha value is -2.36. The largest absolute Gasteiger partial charge is 0.481 e. The highest BCUT2D eigenvalue weighted by atomic mass is 16.6. The van der Waals surface area contributed by atoms with E-state index in [-0.39, 0.29) is 44.9 Å². The van der Waals surface area contributed by atoms with Crippen molar-refractivity contribution >= 4 is 23.9 Å². The summed E-state index contributed by atoms with van der Waals surface area (Å²) in [4.78, 5) is 44.2. The molecule has 0 aliphatic carbocycles. The summed E-state index contributed by atoms with van der Waals surface area (Å²) in [6, 6.07) is 0. The number of ether oxygens (including phenoxy) is 2. The van der Waals surface area contributed by atoms with Gasteiger partial charge in [-0.1, -0.05) is 0 Å². The average Bonchev–Trinajstić information content (AvgIpc) is 2.44. The van der Waals surface area contributed by atoms with Gasteiger partial charge in [-0.15, -0.1) is 0 Å². The van der Waals surface area contributed by atoms with Crippen LogP contribution in [0.4, 0.5) is 4.79 Å². The third-order valence-corrected chi connectivity index (χ3v) is 2.31. The molecular weight excluding hydrogens is 322 g/mol. The van der Waals surface area contributed by atoms with Crippen molar-refractivity contribution in [2.75, 3.05) is 19.8 Å². The number of carboxylic acids is 1. The molecule has 0 atom stereocenters. The number of hydrogen-bond donors (Lipinski definition) is 4. The SMILES string of the molecule is CC(C)(C)OC(=O)NNC(=O)CCOCCNC(=O)CCC(=O)O. The van der Waals surface area contributed by atoms with Crippen LogP contribution in [0, 0.1) is 0 Å². The second-order valence-corrected chi connectivity index (χ2v) is 5.78. The summed E-state index contributed by atoms with van der Waals surface area (Å²) in [5.74, 6) is -1.86.